The average molecular weight is 169 g/mol. The van der Waals surface area contributed by atoms with Crippen molar-refractivity contribution in [3.8, 4) is 0 Å². The molecule has 1 heterocycles. The lowest BCUT2D eigenvalue weighted by Gasteiger charge is -2.29. The molecular formula is C8H11NO3. The molecule has 4 heteroatoms. The number of rotatable bonds is 1. The summed E-state index contributed by atoms with van der Waals surface area (Å²) in [4.78, 5) is 23.7. The normalized spacial score (nSPS) is 28.4. The quantitative estimate of drug-likeness (QED) is 0.407. The second kappa shape index (κ2) is 2.29. The molecule has 2 rings (SSSR count). The van der Waals surface area contributed by atoms with Crippen molar-refractivity contribution in [1.29, 1.82) is 0 Å². The highest BCUT2D eigenvalue weighted by Crippen LogP contribution is 2.41. The van der Waals surface area contributed by atoms with Crippen molar-refractivity contribution in [3.63, 3.8) is 0 Å². The van der Waals surface area contributed by atoms with Crippen molar-refractivity contribution < 1.29 is 14.3 Å². The lowest BCUT2D eigenvalue weighted by molar-refractivity contribution is -0.168. The standard InChI is InChI=1S/C8H11NO3/c1-8(2-3-8)9-4-6(10)12-7(11)5-9/h2-5H2,1H3. The second-order valence-electron chi connectivity index (χ2n) is 3.70. The first-order chi connectivity index (χ1) is 5.60. The molecule has 2 aliphatic rings. The molecule has 1 saturated carbocycles. The molecule has 0 spiro atoms. The zero-order valence-corrected chi connectivity index (χ0v) is 7.00. The van der Waals surface area contributed by atoms with Gasteiger partial charge in [-0.05, 0) is 19.8 Å². The Morgan fingerprint density at radius 3 is 2.17 bits per heavy atom. The Labute approximate surface area is 70.5 Å². The van der Waals surface area contributed by atoms with Crippen LogP contribution in [0, 0.1) is 0 Å². The lowest BCUT2D eigenvalue weighted by atomic mass is 10.2. The third-order valence-corrected chi connectivity index (χ3v) is 2.60. The van der Waals surface area contributed by atoms with E-state index in [9.17, 15) is 9.59 Å². The third-order valence-electron chi connectivity index (χ3n) is 2.60. The minimum absolute atomic E-state index is 0.0924. The molecule has 0 amide bonds. The van der Waals surface area contributed by atoms with Gasteiger partial charge in [0.2, 0.25) is 0 Å². The van der Waals surface area contributed by atoms with Gasteiger partial charge in [0.05, 0.1) is 13.1 Å². The molecule has 2 fully saturated rings. The monoisotopic (exact) mass is 169 g/mol. The minimum atomic E-state index is -0.417. The fraction of sp³-hybridized carbons (Fsp3) is 0.750. The summed E-state index contributed by atoms with van der Waals surface area (Å²) in [5.41, 5.74) is 0.0924. The van der Waals surface area contributed by atoms with E-state index in [-0.39, 0.29) is 18.6 Å². The molecule has 1 aliphatic carbocycles. The van der Waals surface area contributed by atoms with E-state index < -0.39 is 11.9 Å². The molecule has 0 radical (unpaired) electrons. The van der Waals surface area contributed by atoms with Gasteiger partial charge >= 0.3 is 11.9 Å². The zero-order valence-electron chi connectivity index (χ0n) is 7.00. The van der Waals surface area contributed by atoms with Crippen molar-refractivity contribution in [1.82, 2.24) is 4.90 Å². The van der Waals surface area contributed by atoms with E-state index >= 15 is 0 Å². The Kier molecular flexibility index (Phi) is 1.48. The Morgan fingerprint density at radius 1 is 1.25 bits per heavy atom. The van der Waals surface area contributed by atoms with Gasteiger partial charge in [-0.1, -0.05) is 0 Å². The smallest absolute Gasteiger partial charge is 0.327 e. The molecular weight excluding hydrogens is 158 g/mol. The van der Waals surface area contributed by atoms with E-state index in [1.807, 2.05) is 4.90 Å². The van der Waals surface area contributed by atoms with Crippen molar-refractivity contribution in [2.45, 2.75) is 25.3 Å². The van der Waals surface area contributed by atoms with Gasteiger partial charge in [-0.2, -0.15) is 0 Å². The van der Waals surface area contributed by atoms with Gasteiger partial charge in [0.25, 0.3) is 0 Å². The molecule has 66 valence electrons. The van der Waals surface area contributed by atoms with Crippen LogP contribution in [0.3, 0.4) is 0 Å². The van der Waals surface area contributed by atoms with E-state index in [2.05, 4.69) is 11.7 Å². The van der Waals surface area contributed by atoms with Crippen LogP contribution in [-0.2, 0) is 14.3 Å². The third kappa shape index (κ3) is 1.22. The molecule has 0 bridgehead atoms. The zero-order chi connectivity index (χ0) is 8.77. The van der Waals surface area contributed by atoms with Gasteiger partial charge in [0.1, 0.15) is 0 Å². The molecule has 4 nitrogen and oxygen atoms in total. The maximum atomic E-state index is 10.9. The fourth-order valence-corrected chi connectivity index (χ4v) is 1.44. The highest BCUT2D eigenvalue weighted by atomic mass is 16.6. The summed E-state index contributed by atoms with van der Waals surface area (Å²) in [6, 6.07) is 0. The molecule has 0 N–H and O–H groups in total. The first-order valence-corrected chi connectivity index (χ1v) is 4.09. The molecule has 1 aliphatic heterocycles. The second-order valence-corrected chi connectivity index (χ2v) is 3.70. The molecule has 0 aromatic carbocycles. The average Bonchev–Trinajstić information content (AvgIpc) is 2.67. The fourth-order valence-electron chi connectivity index (χ4n) is 1.44. The maximum absolute atomic E-state index is 10.9. The van der Waals surface area contributed by atoms with Crippen LogP contribution < -0.4 is 0 Å². The van der Waals surface area contributed by atoms with Crippen molar-refractivity contribution >= 4 is 11.9 Å². The van der Waals surface area contributed by atoms with Crippen LogP contribution in [0.15, 0.2) is 0 Å². The van der Waals surface area contributed by atoms with Gasteiger partial charge < -0.3 is 4.74 Å². The van der Waals surface area contributed by atoms with E-state index in [0.29, 0.717) is 0 Å². The Bertz CT molecular complexity index is 229. The Hall–Kier alpha value is -0.900. The van der Waals surface area contributed by atoms with Crippen LogP contribution >= 0.6 is 0 Å². The molecule has 0 aromatic heterocycles. The number of nitrogens with zero attached hydrogens (tertiary/aromatic N) is 1. The van der Waals surface area contributed by atoms with Gasteiger partial charge in [-0.15, -0.1) is 0 Å². The number of esters is 2. The number of cyclic esters (lactones) is 2. The van der Waals surface area contributed by atoms with Crippen molar-refractivity contribution in [2.75, 3.05) is 13.1 Å². The number of carbonyl (C=O) groups is 2. The molecule has 1 saturated heterocycles. The minimum Gasteiger partial charge on any atom is -0.391 e. The molecule has 12 heavy (non-hydrogen) atoms. The van der Waals surface area contributed by atoms with Crippen molar-refractivity contribution in [3.05, 3.63) is 0 Å². The van der Waals surface area contributed by atoms with Crippen LogP contribution in [0.4, 0.5) is 0 Å². The summed E-state index contributed by atoms with van der Waals surface area (Å²) in [5, 5.41) is 0. The summed E-state index contributed by atoms with van der Waals surface area (Å²) < 4.78 is 4.42. The Balaban J connectivity index is 2.07. The summed E-state index contributed by atoms with van der Waals surface area (Å²) >= 11 is 0. The number of ether oxygens (including phenoxy) is 1. The van der Waals surface area contributed by atoms with Crippen LogP contribution in [0.25, 0.3) is 0 Å². The Morgan fingerprint density at radius 2 is 1.75 bits per heavy atom. The van der Waals surface area contributed by atoms with E-state index in [4.69, 9.17) is 0 Å². The van der Waals surface area contributed by atoms with Gasteiger partial charge in [0, 0.05) is 5.54 Å². The highest BCUT2D eigenvalue weighted by molar-refractivity contribution is 5.90. The number of hydrogen-bond donors (Lipinski definition) is 0. The predicted molar refractivity (Wildman–Crippen MR) is 40.3 cm³/mol. The topological polar surface area (TPSA) is 46.6 Å². The van der Waals surface area contributed by atoms with Crippen LogP contribution in [0.2, 0.25) is 0 Å². The summed E-state index contributed by atoms with van der Waals surface area (Å²) in [6.45, 7) is 2.60. The van der Waals surface area contributed by atoms with Gasteiger partial charge in [-0.3, -0.25) is 14.5 Å². The molecule has 0 aromatic rings. The maximum Gasteiger partial charge on any atom is 0.327 e. The van der Waals surface area contributed by atoms with Gasteiger partial charge in [0.15, 0.2) is 0 Å². The first kappa shape index (κ1) is 7.73. The SMILES string of the molecule is CC1(N2CC(=O)OC(=O)C2)CC1. The van der Waals surface area contributed by atoms with E-state index in [1.54, 1.807) is 0 Å². The van der Waals surface area contributed by atoms with E-state index in [0.717, 1.165) is 12.8 Å². The number of hydrogen-bond acceptors (Lipinski definition) is 4. The largest absolute Gasteiger partial charge is 0.391 e. The van der Waals surface area contributed by atoms with Crippen molar-refractivity contribution in [2.24, 2.45) is 0 Å². The first-order valence-electron chi connectivity index (χ1n) is 4.09. The predicted octanol–water partition coefficient (Wildman–Crippen LogP) is -0.0757. The molecule has 0 unspecified atom stereocenters. The summed E-state index contributed by atoms with van der Waals surface area (Å²) in [7, 11) is 0. The van der Waals surface area contributed by atoms with Gasteiger partial charge in [-0.25, -0.2) is 0 Å². The van der Waals surface area contributed by atoms with Crippen LogP contribution in [0.5, 0.6) is 0 Å². The summed E-state index contributed by atoms with van der Waals surface area (Å²) in [5.74, 6) is -0.834. The van der Waals surface area contributed by atoms with E-state index in [1.165, 1.54) is 0 Å². The lowest BCUT2D eigenvalue weighted by Crippen LogP contribution is -2.48. The number of morpholine rings is 1. The molecule has 0 atom stereocenters. The van der Waals surface area contributed by atoms with Crippen LogP contribution in [0.1, 0.15) is 19.8 Å². The van der Waals surface area contributed by atoms with Crippen LogP contribution in [-0.4, -0.2) is 35.5 Å². The number of carbonyl (C=O) groups excluding carboxylic acids is 2. The highest BCUT2D eigenvalue weighted by Gasteiger charge is 2.46. The summed E-state index contributed by atoms with van der Waals surface area (Å²) in [6.07, 6.45) is 2.15.